The van der Waals surface area contributed by atoms with E-state index in [-0.39, 0.29) is 5.78 Å². The molecule has 6 heteroatoms. The van der Waals surface area contributed by atoms with Gasteiger partial charge in [0, 0.05) is 20.5 Å². The topological polar surface area (TPSA) is 46.1 Å². The summed E-state index contributed by atoms with van der Waals surface area (Å²) < 4.78 is 0.857. The quantitative estimate of drug-likeness (QED) is 0.721. The average molecular weight is 231 g/mol. The van der Waals surface area contributed by atoms with Crippen LogP contribution >= 0.6 is 23.1 Å². The van der Waals surface area contributed by atoms with Crippen molar-refractivity contribution in [1.82, 2.24) is 10.2 Å². The van der Waals surface area contributed by atoms with Crippen LogP contribution in [0.2, 0.25) is 0 Å². The maximum atomic E-state index is 11.1. The third-order valence-corrected chi connectivity index (χ3v) is 3.81. The number of carbonyl (C=O) groups is 1. The summed E-state index contributed by atoms with van der Waals surface area (Å²) >= 11 is 2.97. The number of anilines is 1. The molecule has 4 nitrogen and oxygen atoms in total. The number of hydrogen-bond acceptors (Lipinski definition) is 6. The largest absolute Gasteiger partial charge is 0.353 e. The second-order valence-corrected chi connectivity index (χ2v) is 5.10. The number of aromatic nitrogens is 2. The zero-order valence-corrected chi connectivity index (χ0v) is 10.1. The Morgan fingerprint density at radius 3 is 2.71 bits per heavy atom. The van der Waals surface area contributed by atoms with Crippen LogP contribution in [0.25, 0.3) is 0 Å². The first-order valence-electron chi connectivity index (χ1n) is 4.28. The maximum absolute atomic E-state index is 11.1. The first-order chi connectivity index (χ1) is 6.63. The molecule has 0 atom stereocenters. The van der Waals surface area contributed by atoms with Crippen LogP contribution in [-0.2, 0) is 4.79 Å². The Bertz CT molecular complexity index is 311. The molecule has 0 radical (unpaired) electrons. The standard InChI is InChI=1S/C8H13N3OS2/c1-4-6(12)5-13-8-10-9-7(14-8)11(2)3/h4-5H2,1-3H3. The van der Waals surface area contributed by atoms with Crippen molar-refractivity contribution in [1.29, 1.82) is 0 Å². The van der Waals surface area contributed by atoms with Crippen LogP contribution in [0.3, 0.4) is 0 Å². The lowest BCUT2D eigenvalue weighted by molar-refractivity contribution is -0.116. The summed E-state index contributed by atoms with van der Waals surface area (Å²) in [6.07, 6.45) is 0.590. The van der Waals surface area contributed by atoms with Crippen LogP contribution < -0.4 is 4.90 Å². The molecule has 0 fully saturated rings. The highest BCUT2D eigenvalue weighted by atomic mass is 32.2. The number of nitrogens with zero attached hydrogens (tertiary/aromatic N) is 3. The first kappa shape index (κ1) is 11.5. The van der Waals surface area contributed by atoms with E-state index in [9.17, 15) is 4.79 Å². The molecule has 0 aliphatic heterocycles. The third-order valence-electron chi connectivity index (χ3n) is 1.53. The molecule has 78 valence electrons. The fourth-order valence-electron chi connectivity index (χ4n) is 0.686. The minimum absolute atomic E-state index is 0.247. The maximum Gasteiger partial charge on any atom is 0.208 e. The van der Waals surface area contributed by atoms with Gasteiger partial charge in [-0.3, -0.25) is 4.79 Å². The molecule has 0 N–H and O–H groups in total. The molecule has 0 unspecified atom stereocenters. The molecule has 1 aromatic rings. The Labute approximate surface area is 91.7 Å². The van der Waals surface area contributed by atoms with Crippen molar-refractivity contribution in [2.24, 2.45) is 0 Å². The summed E-state index contributed by atoms with van der Waals surface area (Å²) in [6, 6.07) is 0. The van der Waals surface area contributed by atoms with Gasteiger partial charge in [-0.1, -0.05) is 30.0 Å². The Morgan fingerprint density at radius 2 is 2.21 bits per heavy atom. The molecule has 0 amide bonds. The zero-order valence-electron chi connectivity index (χ0n) is 8.48. The molecular formula is C8H13N3OS2. The highest BCUT2D eigenvalue weighted by Crippen LogP contribution is 2.26. The summed E-state index contributed by atoms with van der Waals surface area (Å²) in [5.74, 6) is 0.745. The normalized spacial score (nSPS) is 10.2. The van der Waals surface area contributed by atoms with E-state index in [1.807, 2.05) is 25.9 Å². The number of ketones is 1. The lowest BCUT2D eigenvalue weighted by Gasteiger charge is -2.03. The molecule has 1 aromatic heterocycles. The van der Waals surface area contributed by atoms with Crippen molar-refractivity contribution in [2.75, 3.05) is 24.7 Å². The van der Waals surface area contributed by atoms with Gasteiger partial charge in [0.25, 0.3) is 0 Å². The minimum Gasteiger partial charge on any atom is -0.353 e. The van der Waals surface area contributed by atoms with Crippen LogP contribution in [0.1, 0.15) is 13.3 Å². The molecule has 0 saturated heterocycles. The van der Waals surface area contributed by atoms with E-state index >= 15 is 0 Å². The second-order valence-electron chi connectivity index (χ2n) is 2.93. The van der Waals surface area contributed by atoms with Crippen LogP contribution in [-0.4, -0.2) is 35.8 Å². The highest BCUT2D eigenvalue weighted by molar-refractivity contribution is 8.01. The molecule has 1 rings (SSSR count). The summed E-state index contributed by atoms with van der Waals surface area (Å²) in [5, 5.41) is 8.83. The van der Waals surface area contributed by atoms with E-state index < -0.39 is 0 Å². The van der Waals surface area contributed by atoms with Crippen LogP contribution in [0.15, 0.2) is 4.34 Å². The zero-order chi connectivity index (χ0) is 10.6. The SMILES string of the molecule is CCC(=O)CSc1nnc(N(C)C)s1. The summed E-state index contributed by atoms with van der Waals surface area (Å²) in [7, 11) is 3.85. The monoisotopic (exact) mass is 231 g/mol. The van der Waals surface area contributed by atoms with E-state index in [2.05, 4.69) is 10.2 Å². The van der Waals surface area contributed by atoms with Gasteiger partial charge in [-0.15, -0.1) is 10.2 Å². The predicted molar refractivity (Wildman–Crippen MR) is 60.3 cm³/mol. The van der Waals surface area contributed by atoms with Crippen LogP contribution in [0.4, 0.5) is 5.13 Å². The van der Waals surface area contributed by atoms with Gasteiger partial charge < -0.3 is 4.90 Å². The Morgan fingerprint density at radius 1 is 1.50 bits per heavy atom. The van der Waals surface area contributed by atoms with Gasteiger partial charge in [0.15, 0.2) is 4.34 Å². The van der Waals surface area contributed by atoms with Crippen molar-refractivity contribution in [3.05, 3.63) is 0 Å². The van der Waals surface area contributed by atoms with E-state index in [0.717, 1.165) is 9.47 Å². The van der Waals surface area contributed by atoms with Crippen molar-refractivity contribution in [3.8, 4) is 0 Å². The van der Waals surface area contributed by atoms with Gasteiger partial charge >= 0.3 is 0 Å². The first-order valence-corrected chi connectivity index (χ1v) is 6.09. The van der Waals surface area contributed by atoms with Crippen molar-refractivity contribution < 1.29 is 4.79 Å². The minimum atomic E-state index is 0.247. The van der Waals surface area contributed by atoms with E-state index in [1.165, 1.54) is 23.1 Å². The van der Waals surface area contributed by atoms with Gasteiger partial charge in [0.05, 0.1) is 5.75 Å². The average Bonchev–Trinajstić information content (AvgIpc) is 2.62. The number of hydrogen-bond donors (Lipinski definition) is 0. The van der Waals surface area contributed by atoms with E-state index in [1.54, 1.807) is 0 Å². The molecule has 0 aliphatic carbocycles. The van der Waals surface area contributed by atoms with Gasteiger partial charge in [-0.05, 0) is 0 Å². The number of rotatable bonds is 5. The number of carbonyl (C=O) groups excluding carboxylic acids is 1. The van der Waals surface area contributed by atoms with Gasteiger partial charge in [-0.25, -0.2) is 0 Å². The van der Waals surface area contributed by atoms with Gasteiger partial charge in [-0.2, -0.15) is 0 Å². The third kappa shape index (κ3) is 3.26. The molecule has 0 aromatic carbocycles. The Kier molecular flexibility index (Phi) is 4.34. The van der Waals surface area contributed by atoms with Gasteiger partial charge in [0.2, 0.25) is 5.13 Å². The molecule has 1 heterocycles. The van der Waals surface area contributed by atoms with Gasteiger partial charge in [0.1, 0.15) is 5.78 Å². The Hall–Kier alpha value is -0.620. The fourth-order valence-corrected chi connectivity index (χ4v) is 2.41. The molecule has 0 spiro atoms. The molecule has 0 aliphatic rings. The number of Topliss-reactive ketones (excluding diaryl/α,β-unsaturated/α-hetero) is 1. The fraction of sp³-hybridized carbons (Fsp3) is 0.625. The number of thioether (sulfide) groups is 1. The lowest BCUT2D eigenvalue weighted by atomic mass is 10.4. The highest BCUT2D eigenvalue weighted by Gasteiger charge is 2.07. The molecular weight excluding hydrogens is 218 g/mol. The molecule has 0 bridgehead atoms. The van der Waals surface area contributed by atoms with Crippen molar-refractivity contribution in [3.63, 3.8) is 0 Å². The Balaban J connectivity index is 2.48. The predicted octanol–water partition coefficient (Wildman–Crippen LogP) is 1.68. The van der Waals surface area contributed by atoms with Crippen molar-refractivity contribution >= 4 is 34.0 Å². The summed E-state index contributed by atoms with van der Waals surface area (Å²) in [4.78, 5) is 13.0. The van der Waals surface area contributed by atoms with Crippen molar-refractivity contribution in [2.45, 2.75) is 17.7 Å². The van der Waals surface area contributed by atoms with Crippen LogP contribution in [0, 0.1) is 0 Å². The lowest BCUT2D eigenvalue weighted by Crippen LogP contribution is -2.07. The van der Waals surface area contributed by atoms with E-state index in [0.29, 0.717) is 12.2 Å². The molecule has 14 heavy (non-hydrogen) atoms. The summed E-state index contributed by atoms with van der Waals surface area (Å²) in [6.45, 7) is 1.87. The van der Waals surface area contributed by atoms with E-state index in [4.69, 9.17) is 0 Å². The summed E-state index contributed by atoms with van der Waals surface area (Å²) in [5.41, 5.74) is 0. The molecule has 0 saturated carbocycles. The second kappa shape index (κ2) is 5.31. The smallest absolute Gasteiger partial charge is 0.208 e. The van der Waals surface area contributed by atoms with Crippen LogP contribution in [0.5, 0.6) is 0 Å².